The summed E-state index contributed by atoms with van der Waals surface area (Å²) in [6.45, 7) is 4.93. The van der Waals surface area contributed by atoms with Crippen LogP contribution in [0.15, 0.2) is 24.3 Å². The predicted octanol–water partition coefficient (Wildman–Crippen LogP) is 2.52. The van der Waals surface area contributed by atoms with Gasteiger partial charge in [0.2, 0.25) is 0 Å². The minimum Gasteiger partial charge on any atom is -0.481 e. The average molecular weight is 283 g/mol. The summed E-state index contributed by atoms with van der Waals surface area (Å²) in [5.41, 5.74) is -0.379. The Morgan fingerprint density at radius 1 is 1.40 bits per heavy atom. The molecule has 0 aliphatic heterocycles. The molecule has 1 atom stereocenters. The van der Waals surface area contributed by atoms with Crippen LogP contribution in [0, 0.1) is 5.82 Å². The first kappa shape index (κ1) is 15.9. The fraction of sp³-hybridized carbons (Fsp3) is 0.429. The molecular formula is C14H18FNO4. The number of carboxylic acid groups (broad SMARTS) is 1. The summed E-state index contributed by atoms with van der Waals surface area (Å²) in [7, 11) is 0. The number of rotatable bonds is 4. The second-order valence-corrected chi connectivity index (χ2v) is 5.33. The molecular weight excluding hydrogens is 265 g/mol. The van der Waals surface area contributed by atoms with Crippen LogP contribution in [0.1, 0.15) is 32.3 Å². The van der Waals surface area contributed by atoms with E-state index in [0.717, 1.165) is 6.07 Å². The maximum atomic E-state index is 13.1. The molecule has 0 saturated carbocycles. The first-order chi connectivity index (χ1) is 9.19. The molecule has 1 unspecified atom stereocenters. The number of aliphatic carboxylic acids is 1. The number of halogens is 1. The topological polar surface area (TPSA) is 75.6 Å². The summed E-state index contributed by atoms with van der Waals surface area (Å²) in [6.07, 6.45) is -0.708. The van der Waals surface area contributed by atoms with Gasteiger partial charge in [0.1, 0.15) is 11.4 Å². The molecule has 5 nitrogen and oxygen atoms in total. The van der Waals surface area contributed by atoms with Gasteiger partial charge in [-0.2, -0.15) is 0 Å². The maximum Gasteiger partial charge on any atom is 0.407 e. The molecule has 0 aliphatic carbocycles. The van der Waals surface area contributed by atoms with E-state index in [-0.39, 0.29) is 12.1 Å². The molecule has 0 aliphatic rings. The van der Waals surface area contributed by atoms with Crippen LogP contribution in [-0.2, 0) is 9.53 Å². The van der Waals surface area contributed by atoms with Crippen molar-refractivity contribution in [2.24, 2.45) is 0 Å². The number of hydrogen-bond acceptors (Lipinski definition) is 3. The number of carboxylic acids is 1. The lowest BCUT2D eigenvalue weighted by Gasteiger charge is -2.21. The van der Waals surface area contributed by atoms with Crippen LogP contribution in [-0.4, -0.2) is 29.3 Å². The quantitative estimate of drug-likeness (QED) is 0.890. The number of amides is 1. The third-order valence-electron chi connectivity index (χ3n) is 2.40. The first-order valence-corrected chi connectivity index (χ1v) is 6.14. The first-order valence-electron chi connectivity index (χ1n) is 6.14. The molecule has 0 spiro atoms. The summed E-state index contributed by atoms with van der Waals surface area (Å²) in [4.78, 5) is 22.7. The monoisotopic (exact) mass is 283 g/mol. The van der Waals surface area contributed by atoms with Crippen LogP contribution in [0.25, 0.3) is 0 Å². The highest BCUT2D eigenvalue weighted by Gasteiger charge is 2.23. The molecule has 0 fully saturated rings. The normalized spacial score (nSPS) is 12.6. The van der Waals surface area contributed by atoms with Crippen molar-refractivity contribution < 1.29 is 23.8 Å². The number of benzene rings is 1. The number of alkyl carbamates (subject to hydrolysis) is 1. The maximum absolute atomic E-state index is 13.1. The van der Waals surface area contributed by atoms with Gasteiger partial charge >= 0.3 is 12.1 Å². The molecule has 0 saturated heterocycles. The number of hydrogen-bond donors (Lipinski definition) is 2. The number of carbonyl (C=O) groups excluding carboxylic acids is 1. The van der Waals surface area contributed by atoms with E-state index >= 15 is 0 Å². The Labute approximate surface area is 116 Å². The smallest absolute Gasteiger partial charge is 0.407 e. The fourth-order valence-corrected chi connectivity index (χ4v) is 1.57. The van der Waals surface area contributed by atoms with Gasteiger partial charge in [-0.3, -0.25) is 4.79 Å². The fourth-order valence-electron chi connectivity index (χ4n) is 1.57. The van der Waals surface area contributed by atoms with Crippen LogP contribution in [0.5, 0.6) is 0 Å². The Kier molecular flexibility index (Phi) is 5.07. The van der Waals surface area contributed by atoms with Crippen molar-refractivity contribution in [2.75, 3.05) is 6.54 Å². The van der Waals surface area contributed by atoms with E-state index in [9.17, 15) is 14.0 Å². The molecule has 0 bridgehead atoms. The van der Waals surface area contributed by atoms with Gasteiger partial charge in [-0.05, 0) is 38.5 Å². The van der Waals surface area contributed by atoms with Crippen molar-refractivity contribution in [1.82, 2.24) is 5.32 Å². The second kappa shape index (κ2) is 6.36. The van der Waals surface area contributed by atoms with E-state index < -0.39 is 29.4 Å². The highest BCUT2D eigenvalue weighted by atomic mass is 19.1. The van der Waals surface area contributed by atoms with Crippen LogP contribution < -0.4 is 5.32 Å². The van der Waals surface area contributed by atoms with Crippen molar-refractivity contribution in [3.8, 4) is 0 Å². The van der Waals surface area contributed by atoms with Crippen molar-refractivity contribution in [3.63, 3.8) is 0 Å². The zero-order chi connectivity index (χ0) is 15.3. The Balaban J connectivity index is 2.70. The largest absolute Gasteiger partial charge is 0.481 e. The van der Waals surface area contributed by atoms with Crippen molar-refractivity contribution >= 4 is 12.1 Å². The van der Waals surface area contributed by atoms with Crippen LogP contribution in [0.2, 0.25) is 0 Å². The zero-order valence-electron chi connectivity index (χ0n) is 11.6. The van der Waals surface area contributed by atoms with Gasteiger partial charge in [-0.15, -0.1) is 0 Å². The summed E-state index contributed by atoms with van der Waals surface area (Å²) < 4.78 is 18.1. The van der Waals surface area contributed by atoms with Gasteiger partial charge in [0.05, 0.1) is 5.92 Å². The summed E-state index contributed by atoms with van der Waals surface area (Å²) in [6, 6.07) is 5.28. The molecule has 110 valence electrons. The highest BCUT2D eigenvalue weighted by molar-refractivity contribution is 5.77. The summed E-state index contributed by atoms with van der Waals surface area (Å²) >= 11 is 0. The summed E-state index contributed by atoms with van der Waals surface area (Å²) in [5.74, 6) is -2.70. The lowest BCUT2D eigenvalue weighted by Crippen LogP contribution is -2.36. The second-order valence-electron chi connectivity index (χ2n) is 5.33. The highest BCUT2D eigenvalue weighted by Crippen LogP contribution is 2.17. The molecule has 1 rings (SSSR count). The minimum absolute atomic E-state index is 0.173. The zero-order valence-corrected chi connectivity index (χ0v) is 11.6. The Morgan fingerprint density at radius 3 is 2.55 bits per heavy atom. The molecule has 6 heteroatoms. The number of carbonyl (C=O) groups is 2. The van der Waals surface area contributed by atoms with Crippen LogP contribution >= 0.6 is 0 Å². The summed E-state index contributed by atoms with van der Waals surface area (Å²) in [5, 5.41) is 11.5. The minimum atomic E-state index is -1.15. The van der Waals surface area contributed by atoms with Crippen LogP contribution in [0.4, 0.5) is 9.18 Å². The lowest BCUT2D eigenvalue weighted by molar-refractivity contribution is -0.138. The number of ether oxygens (including phenoxy) is 1. The molecule has 2 N–H and O–H groups in total. The Morgan fingerprint density at radius 2 is 2.05 bits per heavy atom. The predicted molar refractivity (Wildman–Crippen MR) is 71.0 cm³/mol. The van der Waals surface area contributed by atoms with E-state index in [1.165, 1.54) is 18.2 Å². The van der Waals surface area contributed by atoms with E-state index in [0.29, 0.717) is 0 Å². The molecule has 0 aromatic heterocycles. The van der Waals surface area contributed by atoms with Gasteiger partial charge in [0.15, 0.2) is 0 Å². The van der Waals surface area contributed by atoms with E-state index in [4.69, 9.17) is 9.84 Å². The van der Waals surface area contributed by atoms with E-state index in [1.54, 1.807) is 20.8 Å². The van der Waals surface area contributed by atoms with Gasteiger partial charge < -0.3 is 15.2 Å². The molecule has 0 radical (unpaired) electrons. The molecule has 1 amide bonds. The SMILES string of the molecule is CC(C)(C)OC(=O)NCC(C(=O)O)c1cccc(F)c1. The number of nitrogens with one attached hydrogen (secondary N) is 1. The van der Waals surface area contributed by atoms with Crippen molar-refractivity contribution in [2.45, 2.75) is 32.3 Å². The molecule has 20 heavy (non-hydrogen) atoms. The third-order valence-corrected chi connectivity index (χ3v) is 2.40. The third kappa shape index (κ3) is 5.26. The Hall–Kier alpha value is -2.11. The molecule has 0 heterocycles. The van der Waals surface area contributed by atoms with Crippen molar-refractivity contribution in [1.29, 1.82) is 0 Å². The van der Waals surface area contributed by atoms with Crippen molar-refractivity contribution in [3.05, 3.63) is 35.6 Å². The average Bonchev–Trinajstić information content (AvgIpc) is 2.26. The van der Waals surface area contributed by atoms with E-state index in [2.05, 4.69) is 5.32 Å². The lowest BCUT2D eigenvalue weighted by atomic mass is 9.99. The standard InChI is InChI=1S/C14H18FNO4/c1-14(2,3)20-13(19)16-8-11(12(17)18)9-5-4-6-10(15)7-9/h4-7,11H,8H2,1-3H3,(H,16,19)(H,17,18). The Bertz CT molecular complexity index is 496. The van der Waals surface area contributed by atoms with Gasteiger partial charge in [-0.1, -0.05) is 12.1 Å². The van der Waals surface area contributed by atoms with Crippen LogP contribution in [0.3, 0.4) is 0 Å². The van der Waals surface area contributed by atoms with Gasteiger partial charge in [-0.25, -0.2) is 9.18 Å². The van der Waals surface area contributed by atoms with E-state index in [1.807, 2.05) is 0 Å². The van der Waals surface area contributed by atoms with Gasteiger partial charge in [0, 0.05) is 6.54 Å². The molecule has 1 aromatic rings. The molecule has 1 aromatic carbocycles. The van der Waals surface area contributed by atoms with Gasteiger partial charge in [0.25, 0.3) is 0 Å².